The van der Waals surface area contributed by atoms with Gasteiger partial charge < -0.3 is 10.1 Å². The molecule has 0 aliphatic carbocycles. The lowest BCUT2D eigenvalue weighted by atomic mass is 10.2. The minimum Gasteiger partial charge on any atom is -0.463 e. The van der Waals surface area contributed by atoms with Gasteiger partial charge in [0.05, 0.1) is 11.5 Å². The number of nitrogens with zero attached hydrogens (tertiary/aromatic N) is 2. The van der Waals surface area contributed by atoms with E-state index in [1.54, 1.807) is 0 Å². The van der Waals surface area contributed by atoms with Gasteiger partial charge in [0, 0.05) is 24.3 Å². The van der Waals surface area contributed by atoms with Gasteiger partial charge in [-0.2, -0.15) is 0 Å². The normalized spacial score (nSPS) is 10.6. The van der Waals surface area contributed by atoms with E-state index in [4.69, 9.17) is 4.74 Å². The second-order valence-electron chi connectivity index (χ2n) is 4.67. The van der Waals surface area contributed by atoms with Crippen LogP contribution in [-0.4, -0.2) is 29.0 Å². The molecule has 1 aromatic rings. The number of ether oxygens (including phenoxy) is 1. The summed E-state index contributed by atoms with van der Waals surface area (Å²) in [5.41, 5.74) is 0.358. The first kappa shape index (κ1) is 17.6. The van der Waals surface area contributed by atoms with Gasteiger partial charge in [-0.1, -0.05) is 20.3 Å². The summed E-state index contributed by atoms with van der Waals surface area (Å²) >= 11 is 0. The van der Waals surface area contributed by atoms with Crippen molar-refractivity contribution >= 4 is 23.6 Å². The van der Waals surface area contributed by atoms with Gasteiger partial charge >= 0.3 is 5.97 Å². The molecule has 1 heterocycles. The van der Waals surface area contributed by atoms with E-state index in [2.05, 4.69) is 10.3 Å². The zero-order valence-electron chi connectivity index (χ0n) is 12.9. The summed E-state index contributed by atoms with van der Waals surface area (Å²) in [5.74, 6) is 0.0338. The van der Waals surface area contributed by atoms with Crippen LogP contribution in [-0.2, 0) is 9.53 Å². The zero-order valence-corrected chi connectivity index (χ0v) is 12.9. The second kappa shape index (κ2) is 9.49. The van der Waals surface area contributed by atoms with E-state index in [0.717, 1.165) is 19.3 Å². The van der Waals surface area contributed by atoms with Crippen LogP contribution in [0.25, 0.3) is 6.08 Å². The Kier molecular flexibility index (Phi) is 7.60. The molecule has 1 N–H and O–H groups in total. The van der Waals surface area contributed by atoms with E-state index in [9.17, 15) is 14.9 Å². The van der Waals surface area contributed by atoms with E-state index in [1.165, 1.54) is 24.4 Å². The highest BCUT2D eigenvalue weighted by molar-refractivity contribution is 5.88. The third kappa shape index (κ3) is 5.90. The Morgan fingerprint density at radius 3 is 2.86 bits per heavy atom. The van der Waals surface area contributed by atoms with E-state index >= 15 is 0 Å². The maximum absolute atomic E-state index is 11.6. The molecule has 0 fully saturated rings. The number of anilines is 1. The van der Waals surface area contributed by atoms with Gasteiger partial charge in [0.25, 0.3) is 5.69 Å². The summed E-state index contributed by atoms with van der Waals surface area (Å²) in [6.45, 7) is 5.06. The fraction of sp³-hybridized carbons (Fsp3) is 0.467. The summed E-state index contributed by atoms with van der Waals surface area (Å²) in [7, 11) is 0. The zero-order chi connectivity index (χ0) is 16.4. The van der Waals surface area contributed by atoms with Crippen molar-refractivity contribution in [1.82, 2.24) is 4.98 Å². The Bertz CT molecular complexity index is 544. The summed E-state index contributed by atoms with van der Waals surface area (Å²) < 4.78 is 5.00. The summed E-state index contributed by atoms with van der Waals surface area (Å²) in [6.07, 6.45) is 6.56. The molecule has 0 spiro atoms. The molecule has 7 heteroatoms. The highest BCUT2D eigenvalue weighted by atomic mass is 16.6. The van der Waals surface area contributed by atoms with E-state index < -0.39 is 10.9 Å². The first-order valence-electron chi connectivity index (χ1n) is 7.31. The van der Waals surface area contributed by atoms with Crippen LogP contribution in [0.15, 0.2) is 18.3 Å². The Morgan fingerprint density at radius 2 is 2.23 bits per heavy atom. The van der Waals surface area contributed by atoms with E-state index in [0.29, 0.717) is 24.5 Å². The molecule has 0 unspecified atom stereocenters. The summed E-state index contributed by atoms with van der Waals surface area (Å²) in [6, 6.07) is 1.38. The largest absolute Gasteiger partial charge is 0.463 e. The molecule has 120 valence electrons. The van der Waals surface area contributed by atoms with Crippen molar-refractivity contribution < 1.29 is 14.5 Å². The van der Waals surface area contributed by atoms with Gasteiger partial charge in [0.2, 0.25) is 0 Å². The van der Waals surface area contributed by atoms with Crippen LogP contribution >= 0.6 is 0 Å². The minimum absolute atomic E-state index is 0.124. The average molecular weight is 307 g/mol. The number of carbonyl (C=O) groups excluding carboxylic acids is 1. The fourth-order valence-electron chi connectivity index (χ4n) is 1.61. The number of pyridine rings is 1. The number of esters is 1. The molecule has 22 heavy (non-hydrogen) atoms. The second-order valence-corrected chi connectivity index (χ2v) is 4.67. The number of hydrogen-bond acceptors (Lipinski definition) is 6. The first-order valence-corrected chi connectivity index (χ1v) is 7.31. The highest BCUT2D eigenvalue weighted by Crippen LogP contribution is 2.20. The van der Waals surface area contributed by atoms with Gasteiger partial charge in [-0.25, -0.2) is 9.78 Å². The van der Waals surface area contributed by atoms with Gasteiger partial charge in [0.1, 0.15) is 12.0 Å². The van der Waals surface area contributed by atoms with Crippen LogP contribution in [0.1, 0.15) is 38.7 Å². The number of carbonyl (C=O) groups is 1. The molecule has 0 atom stereocenters. The average Bonchev–Trinajstić information content (AvgIpc) is 2.51. The standard InChI is InChI=1S/C15H21N3O4/c1-3-5-9-22-14(19)7-6-12-10-13(18(20)21)11-17-15(12)16-8-4-2/h6-7,10-11H,3-5,8-9H2,1-2H3,(H,16,17)/b7-6+. The summed E-state index contributed by atoms with van der Waals surface area (Å²) in [5, 5.41) is 13.9. The lowest BCUT2D eigenvalue weighted by Crippen LogP contribution is -2.05. The molecule has 1 rings (SSSR count). The molecule has 0 amide bonds. The third-order valence-electron chi connectivity index (χ3n) is 2.80. The third-order valence-corrected chi connectivity index (χ3v) is 2.80. The van der Waals surface area contributed by atoms with Crippen molar-refractivity contribution in [3.05, 3.63) is 34.0 Å². The predicted octanol–water partition coefficient (Wildman–Crippen LogP) is 3.17. The minimum atomic E-state index is -0.520. The lowest BCUT2D eigenvalue weighted by molar-refractivity contribution is -0.385. The van der Waals surface area contributed by atoms with E-state index in [1.807, 2.05) is 13.8 Å². The van der Waals surface area contributed by atoms with Crippen LogP contribution < -0.4 is 5.32 Å². The van der Waals surface area contributed by atoms with Crippen LogP contribution in [0, 0.1) is 10.1 Å². The molecule has 0 bridgehead atoms. The van der Waals surface area contributed by atoms with Crippen molar-refractivity contribution in [1.29, 1.82) is 0 Å². The monoisotopic (exact) mass is 307 g/mol. The maximum Gasteiger partial charge on any atom is 0.330 e. The van der Waals surface area contributed by atoms with Crippen LogP contribution in [0.2, 0.25) is 0 Å². The molecular formula is C15H21N3O4. The van der Waals surface area contributed by atoms with Gasteiger partial charge in [-0.3, -0.25) is 10.1 Å². The molecule has 0 aromatic carbocycles. The number of nitrogens with one attached hydrogen (secondary N) is 1. The Morgan fingerprint density at radius 1 is 1.45 bits per heavy atom. The molecule has 0 aliphatic rings. The SMILES string of the molecule is CCCCOC(=O)/C=C/c1cc([N+](=O)[O-])cnc1NCCC. The lowest BCUT2D eigenvalue weighted by Gasteiger charge is -2.07. The topological polar surface area (TPSA) is 94.4 Å². The number of aromatic nitrogens is 1. The Hall–Kier alpha value is -2.44. The van der Waals surface area contributed by atoms with Crippen molar-refractivity contribution in [2.75, 3.05) is 18.5 Å². The molecule has 0 saturated carbocycles. The van der Waals surface area contributed by atoms with Gasteiger partial charge in [-0.15, -0.1) is 0 Å². The molecule has 0 aliphatic heterocycles. The number of rotatable bonds is 9. The Balaban J connectivity index is 2.86. The van der Waals surface area contributed by atoms with Crippen LogP contribution in [0.5, 0.6) is 0 Å². The number of hydrogen-bond donors (Lipinski definition) is 1. The smallest absolute Gasteiger partial charge is 0.330 e. The Labute approximate surface area is 129 Å². The fourth-order valence-corrected chi connectivity index (χ4v) is 1.61. The van der Waals surface area contributed by atoms with Crippen molar-refractivity contribution in [2.24, 2.45) is 0 Å². The number of unbranched alkanes of at least 4 members (excludes halogenated alkanes) is 1. The predicted molar refractivity (Wildman–Crippen MR) is 84.6 cm³/mol. The maximum atomic E-state index is 11.6. The first-order chi connectivity index (χ1) is 10.6. The number of nitro groups is 1. The molecule has 1 aromatic heterocycles. The van der Waals surface area contributed by atoms with E-state index in [-0.39, 0.29) is 5.69 Å². The quantitative estimate of drug-likeness (QED) is 0.247. The van der Waals surface area contributed by atoms with Crippen molar-refractivity contribution in [3.63, 3.8) is 0 Å². The summed E-state index contributed by atoms with van der Waals surface area (Å²) in [4.78, 5) is 25.9. The molecule has 0 saturated heterocycles. The van der Waals surface area contributed by atoms with Gasteiger partial charge in [-0.05, 0) is 18.9 Å². The molecule has 0 radical (unpaired) electrons. The van der Waals surface area contributed by atoms with Crippen LogP contribution in [0.4, 0.5) is 11.5 Å². The van der Waals surface area contributed by atoms with Gasteiger partial charge in [0.15, 0.2) is 0 Å². The van der Waals surface area contributed by atoms with Crippen molar-refractivity contribution in [2.45, 2.75) is 33.1 Å². The molecular weight excluding hydrogens is 286 g/mol. The van der Waals surface area contributed by atoms with Crippen LogP contribution in [0.3, 0.4) is 0 Å². The van der Waals surface area contributed by atoms with Crippen molar-refractivity contribution in [3.8, 4) is 0 Å². The molecule has 7 nitrogen and oxygen atoms in total. The highest BCUT2D eigenvalue weighted by Gasteiger charge is 2.10.